The van der Waals surface area contributed by atoms with Crippen LogP contribution in [0.25, 0.3) is 10.9 Å². The van der Waals surface area contributed by atoms with Gasteiger partial charge < -0.3 is 39.4 Å². The number of rotatable bonds is 11. The first-order valence-electron chi connectivity index (χ1n) is 16.4. The van der Waals surface area contributed by atoms with Crippen LogP contribution in [0.5, 0.6) is 28.7 Å². The number of piperazine rings is 1. The predicted molar refractivity (Wildman–Crippen MR) is 179 cm³/mol. The van der Waals surface area contributed by atoms with E-state index in [1.807, 2.05) is 0 Å². The highest BCUT2D eigenvalue weighted by atomic mass is 19.1. The molecule has 0 radical (unpaired) electrons. The smallest absolute Gasteiger partial charge is 0.240 e. The maximum absolute atomic E-state index is 15.4. The van der Waals surface area contributed by atoms with E-state index in [1.165, 1.54) is 36.4 Å². The number of carbonyl (C=O) groups is 2. The molecule has 2 amide bonds. The number of nitrogens with zero attached hydrogens (tertiary/aromatic N) is 3. The van der Waals surface area contributed by atoms with E-state index in [0.717, 1.165) is 45.2 Å². The molecule has 13 heteroatoms. The summed E-state index contributed by atoms with van der Waals surface area (Å²) in [5.74, 6) is -0.616. The second kappa shape index (κ2) is 13.8. The lowest BCUT2D eigenvalue weighted by atomic mass is 10.0. The number of ether oxygens (including phenoxy) is 4. The molecule has 0 atom stereocenters. The fourth-order valence-corrected chi connectivity index (χ4v) is 6.00. The number of hydrogen-bond donors (Lipinski definition) is 2. The van der Waals surface area contributed by atoms with Crippen LogP contribution in [-0.4, -0.2) is 86.2 Å². The number of amides is 2. The number of benzene rings is 3. The van der Waals surface area contributed by atoms with Crippen molar-refractivity contribution < 1.29 is 37.3 Å². The summed E-state index contributed by atoms with van der Waals surface area (Å²) < 4.78 is 52.9. The minimum Gasteiger partial charge on any atom is -0.489 e. The molecule has 0 spiro atoms. The third-order valence-corrected chi connectivity index (χ3v) is 9.05. The Morgan fingerprint density at radius 2 is 1.55 bits per heavy atom. The van der Waals surface area contributed by atoms with Crippen LogP contribution >= 0.6 is 0 Å². The first kappa shape index (κ1) is 32.5. The van der Waals surface area contributed by atoms with Gasteiger partial charge in [0.15, 0.2) is 23.1 Å². The molecule has 1 saturated carbocycles. The van der Waals surface area contributed by atoms with Gasteiger partial charge in [0.1, 0.15) is 30.2 Å². The van der Waals surface area contributed by atoms with Gasteiger partial charge in [-0.2, -0.15) is 0 Å². The number of anilines is 2. The minimum atomic E-state index is -1.29. The van der Waals surface area contributed by atoms with E-state index in [0.29, 0.717) is 72.3 Å². The molecule has 2 N–H and O–H groups in total. The van der Waals surface area contributed by atoms with Gasteiger partial charge in [-0.3, -0.25) is 14.6 Å². The van der Waals surface area contributed by atoms with Crippen LogP contribution in [0.1, 0.15) is 19.3 Å². The molecule has 1 aliphatic carbocycles. The zero-order valence-corrected chi connectivity index (χ0v) is 27.1. The molecule has 3 aliphatic rings. The van der Waals surface area contributed by atoms with Crippen molar-refractivity contribution in [2.24, 2.45) is 5.41 Å². The van der Waals surface area contributed by atoms with Crippen molar-refractivity contribution in [2.45, 2.75) is 19.3 Å². The van der Waals surface area contributed by atoms with Crippen molar-refractivity contribution in [3.8, 4) is 28.7 Å². The van der Waals surface area contributed by atoms with Gasteiger partial charge in [-0.05, 0) is 68.8 Å². The summed E-state index contributed by atoms with van der Waals surface area (Å²) in [5.41, 5.74) is -0.211. The van der Waals surface area contributed by atoms with Gasteiger partial charge in [0.2, 0.25) is 17.6 Å². The van der Waals surface area contributed by atoms with E-state index in [-0.39, 0.29) is 11.4 Å². The quantitative estimate of drug-likeness (QED) is 0.159. The molecule has 1 aromatic heterocycles. The Bertz CT molecular complexity index is 1860. The van der Waals surface area contributed by atoms with Crippen molar-refractivity contribution >= 4 is 34.1 Å². The van der Waals surface area contributed by atoms with E-state index in [1.54, 1.807) is 18.3 Å². The summed E-state index contributed by atoms with van der Waals surface area (Å²) in [5, 5.41) is 5.82. The van der Waals surface area contributed by atoms with E-state index in [9.17, 15) is 14.0 Å². The number of fused-ring (bicyclic) bond motifs is 3. The van der Waals surface area contributed by atoms with Crippen LogP contribution in [0.3, 0.4) is 0 Å². The fraction of sp³-hybridized carbons (Fsp3) is 0.361. The summed E-state index contributed by atoms with van der Waals surface area (Å²) in [7, 11) is 2.14. The number of halogens is 2. The number of aromatic nitrogens is 1. The van der Waals surface area contributed by atoms with Crippen molar-refractivity contribution in [1.29, 1.82) is 0 Å². The van der Waals surface area contributed by atoms with Gasteiger partial charge in [-0.15, -0.1) is 0 Å². The number of hydrogen-bond acceptors (Lipinski definition) is 9. The molecular formula is C36H37F2N5O6. The number of likely N-dealkylation sites (N-methyl/N-ethyl adjacent to an activating group) is 1. The van der Waals surface area contributed by atoms with E-state index in [2.05, 4.69) is 32.5 Å². The van der Waals surface area contributed by atoms with E-state index >= 15 is 4.39 Å². The Balaban J connectivity index is 1.03. The zero-order chi connectivity index (χ0) is 34.0. The SMILES string of the molecule is CN1CCN(CCCOc2cc3nccc(Oc4ccc(NC(=O)C5(C(=O)Nc6ccc(F)cc6)CC5)cc4F)c3c3c2OCCO3)CC1. The molecule has 1 saturated heterocycles. The fourth-order valence-electron chi connectivity index (χ4n) is 6.00. The Kier molecular flexibility index (Phi) is 9.19. The van der Waals surface area contributed by atoms with Crippen molar-refractivity contribution in [3.63, 3.8) is 0 Å². The van der Waals surface area contributed by atoms with Gasteiger partial charge in [0.25, 0.3) is 0 Å². The van der Waals surface area contributed by atoms with Crippen LogP contribution in [-0.2, 0) is 9.59 Å². The molecule has 11 nitrogen and oxygen atoms in total. The largest absolute Gasteiger partial charge is 0.489 e. The number of pyridine rings is 1. The lowest BCUT2D eigenvalue weighted by molar-refractivity contribution is -0.131. The maximum Gasteiger partial charge on any atom is 0.240 e. The number of nitrogens with one attached hydrogen (secondary N) is 2. The van der Waals surface area contributed by atoms with Crippen molar-refractivity contribution in [2.75, 3.05) is 70.2 Å². The van der Waals surface area contributed by atoms with Crippen LogP contribution < -0.4 is 29.6 Å². The molecule has 4 aromatic rings. The topological polar surface area (TPSA) is 114 Å². The van der Waals surface area contributed by atoms with Gasteiger partial charge in [0, 0.05) is 62.4 Å². The average Bonchev–Trinajstić information content (AvgIpc) is 3.92. The standard InChI is InChI=1S/C36H37F2N5O6/c1-42-14-16-43(17-15-42)13-2-18-46-30-22-27-31(33-32(30)47-19-20-48-33)29(9-12-39-27)49-28-8-7-25(21-26(28)38)41-35(45)36(10-11-36)34(44)40-24-5-3-23(37)4-6-24/h3-9,12,21-22H,2,10-11,13-20H2,1H3,(H,40,44)(H,41,45). The maximum atomic E-state index is 15.4. The third kappa shape index (κ3) is 7.08. The molecule has 2 aliphatic heterocycles. The van der Waals surface area contributed by atoms with E-state index in [4.69, 9.17) is 18.9 Å². The summed E-state index contributed by atoms with van der Waals surface area (Å²) in [4.78, 5) is 35.3. The molecule has 2 fully saturated rings. The molecule has 3 heterocycles. The predicted octanol–water partition coefficient (Wildman–Crippen LogP) is 5.45. The Hall–Kier alpha value is -5.01. The highest BCUT2D eigenvalue weighted by Crippen LogP contribution is 2.49. The van der Waals surface area contributed by atoms with Gasteiger partial charge in [0.05, 0.1) is 17.5 Å². The Morgan fingerprint density at radius 3 is 2.27 bits per heavy atom. The summed E-state index contributed by atoms with van der Waals surface area (Å²) in [6.45, 7) is 6.32. The molecule has 7 rings (SSSR count). The minimum absolute atomic E-state index is 0.0876. The van der Waals surface area contributed by atoms with Gasteiger partial charge in [-0.1, -0.05) is 0 Å². The molecule has 256 valence electrons. The summed E-state index contributed by atoms with van der Waals surface area (Å²) in [6.07, 6.45) is 3.09. The highest BCUT2D eigenvalue weighted by Gasteiger charge is 2.56. The lowest BCUT2D eigenvalue weighted by Crippen LogP contribution is -2.44. The second-order valence-corrected chi connectivity index (χ2v) is 12.5. The Morgan fingerprint density at radius 1 is 0.857 bits per heavy atom. The second-order valence-electron chi connectivity index (χ2n) is 12.5. The molecule has 0 unspecified atom stereocenters. The first-order valence-corrected chi connectivity index (χ1v) is 16.4. The number of carbonyl (C=O) groups excluding carboxylic acids is 2. The summed E-state index contributed by atoms with van der Waals surface area (Å²) >= 11 is 0. The van der Waals surface area contributed by atoms with Crippen LogP contribution in [0.15, 0.2) is 60.8 Å². The van der Waals surface area contributed by atoms with Crippen LogP contribution in [0.2, 0.25) is 0 Å². The molecule has 49 heavy (non-hydrogen) atoms. The molecular weight excluding hydrogens is 636 g/mol. The zero-order valence-electron chi connectivity index (χ0n) is 27.1. The van der Waals surface area contributed by atoms with Crippen molar-refractivity contribution in [1.82, 2.24) is 14.8 Å². The summed E-state index contributed by atoms with van der Waals surface area (Å²) in [6, 6.07) is 12.7. The third-order valence-electron chi connectivity index (χ3n) is 9.05. The van der Waals surface area contributed by atoms with Crippen LogP contribution in [0.4, 0.5) is 20.2 Å². The van der Waals surface area contributed by atoms with E-state index < -0.39 is 28.9 Å². The monoisotopic (exact) mass is 673 g/mol. The molecule has 3 aromatic carbocycles. The Labute approximate surface area is 282 Å². The highest BCUT2D eigenvalue weighted by molar-refractivity contribution is 6.16. The first-order chi connectivity index (χ1) is 23.8. The lowest BCUT2D eigenvalue weighted by Gasteiger charge is -2.32. The normalized spacial score (nSPS) is 17.0. The molecule has 0 bridgehead atoms. The van der Waals surface area contributed by atoms with Gasteiger partial charge >= 0.3 is 0 Å². The van der Waals surface area contributed by atoms with Gasteiger partial charge in [-0.25, -0.2) is 8.78 Å². The van der Waals surface area contributed by atoms with Crippen LogP contribution in [0, 0.1) is 17.0 Å². The van der Waals surface area contributed by atoms with Crippen molar-refractivity contribution in [3.05, 3.63) is 72.4 Å². The average molecular weight is 674 g/mol.